The molecule has 2 heterocycles. The maximum Gasteiger partial charge on any atom is 0.254 e. The van der Waals surface area contributed by atoms with Gasteiger partial charge in [0.15, 0.2) is 5.82 Å². The maximum absolute atomic E-state index is 13.5. The first-order chi connectivity index (χ1) is 7.59. The van der Waals surface area contributed by atoms with Crippen LogP contribution < -0.4 is 5.56 Å². The van der Waals surface area contributed by atoms with E-state index in [1.165, 1.54) is 12.3 Å². The number of rotatable bonds is 1. The second-order valence-corrected chi connectivity index (χ2v) is 3.48. The molecule has 0 radical (unpaired) electrons. The number of aromatic amines is 1. The molecule has 0 bridgehead atoms. The Balaban J connectivity index is 2.74. The quantitative estimate of drug-likeness (QED) is 0.792. The number of nitrogens with one attached hydrogen (secondary N) is 1. The van der Waals surface area contributed by atoms with Gasteiger partial charge in [-0.3, -0.25) is 9.78 Å². The first-order valence-corrected chi connectivity index (χ1v) is 4.77. The van der Waals surface area contributed by atoms with Gasteiger partial charge in [0.1, 0.15) is 5.82 Å². The zero-order chi connectivity index (χ0) is 11.7. The van der Waals surface area contributed by atoms with Crippen LogP contribution in [0, 0.1) is 19.7 Å². The van der Waals surface area contributed by atoms with Gasteiger partial charge in [0.05, 0.1) is 11.9 Å². The Labute approximate surface area is 91.2 Å². The van der Waals surface area contributed by atoms with Gasteiger partial charge in [-0.25, -0.2) is 9.37 Å². The van der Waals surface area contributed by atoms with Crippen LogP contribution in [0.15, 0.2) is 23.3 Å². The zero-order valence-electron chi connectivity index (χ0n) is 8.91. The minimum absolute atomic E-state index is 0.251. The van der Waals surface area contributed by atoms with Crippen LogP contribution in [0.4, 0.5) is 4.39 Å². The topological polar surface area (TPSA) is 58.6 Å². The molecule has 2 rings (SSSR count). The van der Waals surface area contributed by atoms with Gasteiger partial charge in [0.2, 0.25) is 0 Å². The Morgan fingerprint density at radius 1 is 1.38 bits per heavy atom. The van der Waals surface area contributed by atoms with Crippen molar-refractivity contribution in [1.82, 2.24) is 15.0 Å². The summed E-state index contributed by atoms with van der Waals surface area (Å²) in [7, 11) is 0. The average Bonchev–Trinajstić information content (AvgIpc) is 2.24. The number of hydrogen-bond acceptors (Lipinski definition) is 3. The monoisotopic (exact) mass is 219 g/mol. The van der Waals surface area contributed by atoms with Crippen LogP contribution in [-0.2, 0) is 0 Å². The summed E-state index contributed by atoms with van der Waals surface area (Å²) in [5, 5.41) is 0. The lowest BCUT2D eigenvalue weighted by Crippen LogP contribution is -2.14. The van der Waals surface area contributed by atoms with E-state index in [4.69, 9.17) is 0 Å². The number of halogens is 1. The van der Waals surface area contributed by atoms with Gasteiger partial charge in [-0.05, 0) is 19.9 Å². The van der Waals surface area contributed by atoms with Crippen molar-refractivity contribution in [3.05, 3.63) is 46.0 Å². The second-order valence-electron chi connectivity index (χ2n) is 3.48. The minimum Gasteiger partial charge on any atom is -0.311 e. The summed E-state index contributed by atoms with van der Waals surface area (Å²) in [6.07, 6.45) is 2.57. The van der Waals surface area contributed by atoms with Crippen molar-refractivity contribution in [2.75, 3.05) is 0 Å². The molecular formula is C11H10FN3O. The molecule has 0 fully saturated rings. The molecule has 1 N–H and O–H groups in total. The number of H-pyrrole nitrogens is 1. The van der Waals surface area contributed by atoms with Crippen molar-refractivity contribution in [2.45, 2.75) is 13.8 Å². The van der Waals surface area contributed by atoms with E-state index >= 15 is 0 Å². The normalized spacial score (nSPS) is 10.4. The highest BCUT2D eigenvalue weighted by Gasteiger charge is 2.11. The van der Waals surface area contributed by atoms with E-state index in [1.54, 1.807) is 13.8 Å². The highest BCUT2D eigenvalue weighted by atomic mass is 19.1. The highest BCUT2D eigenvalue weighted by Crippen LogP contribution is 2.20. The third-order valence-corrected chi connectivity index (χ3v) is 2.30. The first kappa shape index (κ1) is 10.5. The molecular weight excluding hydrogens is 209 g/mol. The van der Waals surface area contributed by atoms with Crippen LogP contribution in [0.3, 0.4) is 0 Å². The maximum atomic E-state index is 13.5. The molecule has 2 aromatic heterocycles. The van der Waals surface area contributed by atoms with E-state index in [-0.39, 0.29) is 5.56 Å². The van der Waals surface area contributed by atoms with Gasteiger partial charge in [0, 0.05) is 17.3 Å². The fourth-order valence-electron chi connectivity index (χ4n) is 1.47. The molecule has 0 saturated carbocycles. The molecule has 0 aliphatic carbocycles. The molecule has 4 nitrogen and oxygen atoms in total. The molecule has 0 spiro atoms. The van der Waals surface area contributed by atoms with Crippen molar-refractivity contribution >= 4 is 0 Å². The average molecular weight is 219 g/mol. The Morgan fingerprint density at radius 3 is 2.81 bits per heavy atom. The van der Waals surface area contributed by atoms with Crippen LogP contribution >= 0.6 is 0 Å². The summed E-state index contributed by atoms with van der Waals surface area (Å²) in [4.78, 5) is 21.9. The highest BCUT2D eigenvalue weighted by molar-refractivity contribution is 5.62. The van der Waals surface area contributed by atoms with Crippen LogP contribution in [0.25, 0.3) is 11.3 Å². The molecule has 0 aliphatic heterocycles. The van der Waals surface area contributed by atoms with Crippen LogP contribution in [0.5, 0.6) is 0 Å². The van der Waals surface area contributed by atoms with E-state index in [1.807, 2.05) is 0 Å². The third kappa shape index (κ3) is 1.71. The summed E-state index contributed by atoms with van der Waals surface area (Å²) in [5.74, 6) is -0.0232. The van der Waals surface area contributed by atoms with Gasteiger partial charge in [-0.1, -0.05) is 0 Å². The summed E-state index contributed by atoms with van der Waals surface area (Å²) in [6.45, 7) is 3.27. The Bertz CT molecular complexity index is 592. The molecule has 2 aromatic rings. The van der Waals surface area contributed by atoms with Crippen molar-refractivity contribution < 1.29 is 4.39 Å². The Morgan fingerprint density at radius 2 is 2.12 bits per heavy atom. The Kier molecular flexibility index (Phi) is 2.52. The molecule has 0 amide bonds. The van der Waals surface area contributed by atoms with Crippen LogP contribution in [-0.4, -0.2) is 15.0 Å². The van der Waals surface area contributed by atoms with Gasteiger partial charge < -0.3 is 4.98 Å². The summed E-state index contributed by atoms with van der Waals surface area (Å²) >= 11 is 0. The van der Waals surface area contributed by atoms with Crippen molar-refractivity contribution in [2.24, 2.45) is 0 Å². The number of aromatic nitrogens is 3. The van der Waals surface area contributed by atoms with E-state index < -0.39 is 5.82 Å². The van der Waals surface area contributed by atoms with Gasteiger partial charge >= 0.3 is 0 Å². The number of nitrogens with zero attached hydrogens (tertiary/aromatic N) is 2. The number of aryl methyl sites for hydroxylation is 1. The van der Waals surface area contributed by atoms with E-state index in [0.29, 0.717) is 22.6 Å². The summed E-state index contributed by atoms with van der Waals surface area (Å²) in [5.41, 5.74) is 0.803. The third-order valence-electron chi connectivity index (χ3n) is 2.30. The van der Waals surface area contributed by atoms with Crippen molar-refractivity contribution in [3.63, 3.8) is 0 Å². The summed E-state index contributed by atoms with van der Waals surface area (Å²) in [6, 6.07) is 1.50. The van der Waals surface area contributed by atoms with E-state index in [9.17, 15) is 9.18 Å². The molecule has 0 aliphatic rings. The van der Waals surface area contributed by atoms with E-state index in [0.717, 1.165) is 6.20 Å². The molecule has 0 aromatic carbocycles. The number of pyridine rings is 1. The lowest BCUT2D eigenvalue weighted by atomic mass is 10.1. The predicted octanol–water partition coefficient (Wildman–Crippen LogP) is 1.59. The van der Waals surface area contributed by atoms with Gasteiger partial charge in [0.25, 0.3) is 5.56 Å². The minimum atomic E-state index is -0.483. The largest absolute Gasteiger partial charge is 0.311 e. The lowest BCUT2D eigenvalue weighted by Gasteiger charge is -2.05. The fourth-order valence-corrected chi connectivity index (χ4v) is 1.47. The Hall–Kier alpha value is -2.04. The smallest absolute Gasteiger partial charge is 0.254 e. The first-order valence-electron chi connectivity index (χ1n) is 4.77. The summed E-state index contributed by atoms with van der Waals surface area (Å²) < 4.78 is 13.5. The van der Waals surface area contributed by atoms with E-state index in [2.05, 4.69) is 15.0 Å². The SMILES string of the molecule is Cc1nc(-c2ccncc2F)c(C)c(=O)[nH]1. The number of hydrogen-bond donors (Lipinski definition) is 1. The molecule has 82 valence electrons. The molecule has 16 heavy (non-hydrogen) atoms. The molecule has 5 heteroatoms. The van der Waals surface area contributed by atoms with Crippen molar-refractivity contribution in [3.8, 4) is 11.3 Å². The zero-order valence-corrected chi connectivity index (χ0v) is 8.91. The predicted molar refractivity (Wildman–Crippen MR) is 57.5 cm³/mol. The lowest BCUT2D eigenvalue weighted by molar-refractivity contribution is 0.624. The standard InChI is InChI=1S/C11H10FN3O/c1-6-10(14-7(2)15-11(6)16)8-3-4-13-5-9(8)12/h3-5H,1-2H3,(H,14,15,16). The van der Waals surface area contributed by atoms with Gasteiger partial charge in [-0.15, -0.1) is 0 Å². The molecule has 0 saturated heterocycles. The molecule has 0 unspecified atom stereocenters. The molecule has 0 atom stereocenters. The van der Waals surface area contributed by atoms with Crippen LogP contribution in [0.1, 0.15) is 11.4 Å². The second kappa shape index (κ2) is 3.84. The fraction of sp³-hybridized carbons (Fsp3) is 0.182. The van der Waals surface area contributed by atoms with Crippen molar-refractivity contribution in [1.29, 1.82) is 0 Å². The van der Waals surface area contributed by atoms with Crippen LogP contribution in [0.2, 0.25) is 0 Å². The van der Waals surface area contributed by atoms with Gasteiger partial charge in [-0.2, -0.15) is 0 Å².